The monoisotopic (exact) mass is 251 g/mol. The van der Waals surface area contributed by atoms with E-state index in [1.54, 1.807) is 14.2 Å². The van der Waals surface area contributed by atoms with Crippen molar-refractivity contribution in [1.82, 2.24) is 0 Å². The molecule has 1 atom stereocenters. The highest BCUT2D eigenvalue weighted by Crippen LogP contribution is 2.28. The van der Waals surface area contributed by atoms with Crippen LogP contribution in [0.25, 0.3) is 10.4 Å². The molecule has 0 bridgehead atoms. The van der Waals surface area contributed by atoms with Crippen LogP contribution in [0, 0.1) is 0 Å². The lowest BCUT2D eigenvalue weighted by atomic mass is 10.1. The summed E-state index contributed by atoms with van der Waals surface area (Å²) in [6, 6.07) is 5.62. The van der Waals surface area contributed by atoms with Gasteiger partial charge in [0.2, 0.25) is 0 Å². The zero-order valence-corrected chi connectivity index (χ0v) is 10.5. The molecule has 0 aliphatic heterocycles. The van der Waals surface area contributed by atoms with Crippen molar-refractivity contribution >= 4 is 0 Å². The molecule has 0 heterocycles. The first-order valence-corrected chi connectivity index (χ1v) is 5.61. The molecule has 0 aromatic heterocycles. The topological polar surface area (TPSA) is 87.5 Å². The van der Waals surface area contributed by atoms with Gasteiger partial charge in [-0.25, -0.2) is 0 Å². The molecule has 6 heteroatoms. The lowest BCUT2D eigenvalue weighted by molar-refractivity contribution is 0.173. The van der Waals surface area contributed by atoms with Gasteiger partial charge in [0, 0.05) is 4.91 Å². The number of azide groups is 1. The largest absolute Gasteiger partial charge is 0.493 e. The van der Waals surface area contributed by atoms with E-state index in [-0.39, 0.29) is 6.54 Å². The van der Waals surface area contributed by atoms with Gasteiger partial charge in [0.15, 0.2) is 11.5 Å². The summed E-state index contributed by atoms with van der Waals surface area (Å²) >= 11 is 0. The maximum absolute atomic E-state index is 9.55. The number of aliphatic hydroxyl groups is 1. The molecule has 0 amide bonds. The quantitative estimate of drug-likeness (QED) is 0.458. The molecule has 18 heavy (non-hydrogen) atoms. The Morgan fingerprint density at radius 1 is 1.33 bits per heavy atom. The predicted octanol–water partition coefficient (Wildman–Crippen LogP) is 2.31. The molecular weight excluding hydrogens is 234 g/mol. The summed E-state index contributed by atoms with van der Waals surface area (Å²) in [4.78, 5) is 2.61. The highest BCUT2D eigenvalue weighted by molar-refractivity contribution is 5.42. The van der Waals surface area contributed by atoms with E-state index < -0.39 is 6.10 Å². The minimum Gasteiger partial charge on any atom is -0.493 e. The fraction of sp³-hybridized carbons (Fsp3) is 0.500. The van der Waals surface area contributed by atoms with Gasteiger partial charge in [-0.05, 0) is 36.1 Å². The van der Waals surface area contributed by atoms with Gasteiger partial charge in [-0.2, -0.15) is 0 Å². The van der Waals surface area contributed by atoms with E-state index in [0.29, 0.717) is 24.3 Å². The van der Waals surface area contributed by atoms with Crippen LogP contribution in [0.3, 0.4) is 0 Å². The first-order chi connectivity index (χ1) is 8.71. The number of ether oxygens (including phenoxy) is 2. The standard InChI is InChI=1S/C12H17N3O3/c1-17-11-6-4-9(7-12(11)18-2)3-5-10(16)8-14-15-13/h4,6-7,10,16H,3,5,8H2,1-2H3/t10-/m1/s1. The minimum atomic E-state index is -0.617. The molecule has 0 radical (unpaired) electrons. The molecule has 0 saturated carbocycles. The van der Waals surface area contributed by atoms with Crippen molar-refractivity contribution in [2.75, 3.05) is 20.8 Å². The second-order valence-corrected chi connectivity index (χ2v) is 3.80. The zero-order chi connectivity index (χ0) is 13.4. The summed E-state index contributed by atoms with van der Waals surface area (Å²) < 4.78 is 10.3. The fourth-order valence-corrected chi connectivity index (χ4v) is 1.59. The Morgan fingerprint density at radius 2 is 2.06 bits per heavy atom. The molecule has 0 saturated heterocycles. The summed E-state index contributed by atoms with van der Waals surface area (Å²) in [6.07, 6.45) is 0.603. The number of hydrogen-bond donors (Lipinski definition) is 1. The molecule has 1 rings (SSSR count). The lowest BCUT2D eigenvalue weighted by Crippen LogP contribution is -2.11. The van der Waals surface area contributed by atoms with Gasteiger partial charge in [0.1, 0.15) is 0 Å². The zero-order valence-electron chi connectivity index (χ0n) is 10.5. The molecule has 6 nitrogen and oxygen atoms in total. The fourth-order valence-electron chi connectivity index (χ4n) is 1.59. The number of nitrogens with zero attached hydrogens (tertiary/aromatic N) is 3. The molecule has 1 N–H and O–H groups in total. The average Bonchev–Trinajstić information content (AvgIpc) is 2.42. The van der Waals surface area contributed by atoms with Gasteiger partial charge in [-0.3, -0.25) is 0 Å². The van der Waals surface area contributed by atoms with E-state index in [4.69, 9.17) is 15.0 Å². The van der Waals surface area contributed by atoms with E-state index in [0.717, 1.165) is 5.56 Å². The molecular formula is C12H17N3O3. The van der Waals surface area contributed by atoms with Gasteiger partial charge in [-0.15, -0.1) is 0 Å². The summed E-state index contributed by atoms with van der Waals surface area (Å²) in [5, 5.41) is 12.9. The Morgan fingerprint density at radius 3 is 2.67 bits per heavy atom. The number of methoxy groups -OCH3 is 2. The van der Waals surface area contributed by atoms with Crippen LogP contribution < -0.4 is 9.47 Å². The second kappa shape index (κ2) is 7.42. The average molecular weight is 251 g/mol. The van der Waals surface area contributed by atoms with Crippen molar-refractivity contribution in [3.63, 3.8) is 0 Å². The van der Waals surface area contributed by atoms with Gasteiger partial charge >= 0.3 is 0 Å². The summed E-state index contributed by atoms with van der Waals surface area (Å²) in [6.45, 7) is 0.101. The number of aryl methyl sites for hydroxylation is 1. The van der Waals surface area contributed by atoms with Crippen LogP contribution in [0.15, 0.2) is 23.3 Å². The maximum Gasteiger partial charge on any atom is 0.160 e. The van der Waals surface area contributed by atoms with E-state index in [2.05, 4.69) is 10.0 Å². The van der Waals surface area contributed by atoms with Crippen molar-refractivity contribution in [3.8, 4) is 11.5 Å². The molecule has 0 aliphatic carbocycles. The predicted molar refractivity (Wildman–Crippen MR) is 67.9 cm³/mol. The van der Waals surface area contributed by atoms with Gasteiger partial charge in [0.05, 0.1) is 26.9 Å². The van der Waals surface area contributed by atoms with Crippen molar-refractivity contribution in [3.05, 3.63) is 34.2 Å². The minimum absolute atomic E-state index is 0.101. The summed E-state index contributed by atoms with van der Waals surface area (Å²) in [5.74, 6) is 1.34. The van der Waals surface area contributed by atoms with Crippen molar-refractivity contribution < 1.29 is 14.6 Å². The van der Waals surface area contributed by atoms with Crippen LogP contribution in [-0.4, -0.2) is 32.0 Å². The number of aliphatic hydroxyl groups excluding tert-OH is 1. The number of rotatable bonds is 7. The van der Waals surface area contributed by atoms with Crippen LogP contribution in [0.4, 0.5) is 0 Å². The Bertz CT molecular complexity index is 431. The van der Waals surface area contributed by atoms with E-state index in [1.807, 2.05) is 18.2 Å². The maximum atomic E-state index is 9.55. The van der Waals surface area contributed by atoms with Crippen molar-refractivity contribution in [2.24, 2.45) is 5.11 Å². The van der Waals surface area contributed by atoms with Crippen LogP contribution >= 0.6 is 0 Å². The molecule has 0 fully saturated rings. The molecule has 0 spiro atoms. The Balaban J connectivity index is 2.59. The highest BCUT2D eigenvalue weighted by Gasteiger charge is 2.07. The molecule has 0 unspecified atom stereocenters. The second-order valence-electron chi connectivity index (χ2n) is 3.80. The van der Waals surface area contributed by atoms with Gasteiger partial charge < -0.3 is 14.6 Å². The molecule has 1 aromatic carbocycles. The van der Waals surface area contributed by atoms with Crippen LogP contribution in [0.5, 0.6) is 11.5 Å². The first kappa shape index (κ1) is 14.2. The normalized spacial score (nSPS) is 11.5. The number of benzene rings is 1. The Kier molecular flexibility index (Phi) is 5.84. The molecule has 0 aliphatic rings. The van der Waals surface area contributed by atoms with Crippen molar-refractivity contribution in [2.45, 2.75) is 18.9 Å². The number of hydrogen-bond acceptors (Lipinski definition) is 4. The molecule has 98 valence electrons. The SMILES string of the molecule is COc1ccc(CC[C@@H](O)CN=[N+]=[N-])cc1OC. The summed E-state index contributed by atoms with van der Waals surface area (Å²) in [5.41, 5.74) is 9.18. The lowest BCUT2D eigenvalue weighted by Gasteiger charge is -2.11. The Labute approximate surface area is 106 Å². The van der Waals surface area contributed by atoms with Crippen LogP contribution in [-0.2, 0) is 6.42 Å². The van der Waals surface area contributed by atoms with E-state index in [9.17, 15) is 5.11 Å². The van der Waals surface area contributed by atoms with Crippen molar-refractivity contribution in [1.29, 1.82) is 0 Å². The van der Waals surface area contributed by atoms with E-state index in [1.165, 1.54) is 0 Å². The smallest absolute Gasteiger partial charge is 0.160 e. The van der Waals surface area contributed by atoms with Gasteiger partial charge in [-0.1, -0.05) is 11.2 Å². The van der Waals surface area contributed by atoms with Crippen LogP contribution in [0.2, 0.25) is 0 Å². The highest BCUT2D eigenvalue weighted by atomic mass is 16.5. The van der Waals surface area contributed by atoms with E-state index >= 15 is 0 Å². The Hall–Kier alpha value is -1.91. The third-order valence-corrected chi connectivity index (χ3v) is 2.57. The summed E-state index contributed by atoms with van der Waals surface area (Å²) in [7, 11) is 3.17. The first-order valence-electron chi connectivity index (χ1n) is 5.61. The molecule has 1 aromatic rings. The third-order valence-electron chi connectivity index (χ3n) is 2.57. The third kappa shape index (κ3) is 4.16. The van der Waals surface area contributed by atoms with Crippen LogP contribution in [0.1, 0.15) is 12.0 Å². The van der Waals surface area contributed by atoms with Gasteiger partial charge in [0.25, 0.3) is 0 Å².